The van der Waals surface area contributed by atoms with Crippen LogP contribution in [0.4, 0.5) is 19.0 Å². The summed E-state index contributed by atoms with van der Waals surface area (Å²) >= 11 is 0. The minimum atomic E-state index is -4.47. The maximum atomic E-state index is 13.0. The van der Waals surface area contributed by atoms with Crippen molar-refractivity contribution in [3.8, 4) is 0 Å². The summed E-state index contributed by atoms with van der Waals surface area (Å²) in [6.45, 7) is 2.73. The highest BCUT2D eigenvalue weighted by atomic mass is 19.4. The van der Waals surface area contributed by atoms with Crippen LogP contribution in [-0.2, 0) is 6.18 Å². The molecule has 2 aliphatic rings. The zero-order chi connectivity index (χ0) is 18.8. The van der Waals surface area contributed by atoms with Crippen LogP contribution in [0.25, 0.3) is 11.0 Å². The summed E-state index contributed by atoms with van der Waals surface area (Å²) in [6.07, 6.45) is -2.16. The molecule has 0 bridgehead atoms. The number of imidazole rings is 1. The number of rotatable bonds is 3. The van der Waals surface area contributed by atoms with E-state index in [1.807, 2.05) is 23.1 Å². The Morgan fingerprint density at radius 3 is 2.48 bits per heavy atom. The van der Waals surface area contributed by atoms with E-state index < -0.39 is 11.9 Å². The van der Waals surface area contributed by atoms with E-state index in [-0.39, 0.29) is 11.9 Å². The Labute approximate surface area is 153 Å². The van der Waals surface area contributed by atoms with Crippen molar-refractivity contribution < 1.29 is 13.2 Å². The van der Waals surface area contributed by atoms with Gasteiger partial charge in [0.25, 0.3) is 0 Å². The second-order valence-corrected chi connectivity index (χ2v) is 7.32. The number of alkyl halides is 3. The summed E-state index contributed by atoms with van der Waals surface area (Å²) in [6, 6.07) is 9.28. The van der Waals surface area contributed by atoms with Gasteiger partial charge >= 0.3 is 6.18 Å². The van der Waals surface area contributed by atoms with Gasteiger partial charge in [-0.15, -0.1) is 0 Å². The van der Waals surface area contributed by atoms with Crippen molar-refractivity contribution in [2.75, 3.05) is 18.0 Å². The standard InChI is InChI=1S/C19H18F3N5/c1-11-23-16(19(20,21)22)8-17(24-11)26-9-13(10-26)27-15-5-3-2-4-14(15)25-18(27)12-6-7-12/h2-5,8,12-13H,6-7,9-10H2,1H3. The van der Waals surface area contributed by atoms with Crippen LogP contribution in [0.3, 0.4) is 0 Å². The van der Waals surface area contributed by atoms with Gasteiger partial charge in [0, 0.05) is 25.1 Å². The summed E-state index contributed by atoms with van der Waals surface area (Å²) in [5.41, 5.74) is 1.19. The predicted molar refractivity (Wildman–Crippen MR) is 94.7 cm³/mol. The molecule has 2 aromatic heterocycles. The number of aryl methyl sites for hydroxylation is 1. The van der Waals surface area contributed by atoms with Crippen LogP contribution < -0.4 is 4.90 Å². The Balaban J connectivity index is 1.44. The molecule has 3 aromatic rings. The Kier molecular flexibility index (Phi) is 3.47. The lowest BCUT2D eigenvalue weighted by Gasteiger charge is -2.41. The van der Waals surface area contributed by atoms with E-state index in [0.29, 0.717) is 24.8 Å². The molecule has 0 radical (unpaired) electrons. The van der Waals surface area contributed by atoms with Crippen LogP contribution in [-0.4, -0.2) is 32.6 Å². The van der Waals surface area contributed by atoms with Crippen molar-refractivity contribution in [1.29, 1.82) is 0 Å². The molecule has 0 amide bonds. The molecular weight excluding hydrogens is 355 g/mol. The summed E-state index contributed by atoms with van der Waals surface area (Å²) < 4.78 is 41.4. The van der Waals surface area contributed by atoms with Gasteiger partial charge in [-0.25, -0.2) is 15.0 Å². The molecule has 140 valence electrons. The molecule has 5 nitrogen and oxygen atoms in total. The van der Waals surface area contributed by atoms with Crippen molar-refractivity contribution in [3.63, 3.8) is 0 Å². The molecule has 1 aliphatic carbocycles. The van der Waals surface area contributed by atoms with Crippen molar-refractivity contribution in [2.24, 2.45) is 0 Å². The number of benzene rings is 1. The van der Waals surface area contributed by atoms with Gasteiger partial charge in [0.1, 0.15) is 23.2 Å². The quantitative estimate of drug-likeness (QED) is 0.694. The van der Waals surface area contributed by atoms with Gasteiger partial charge in [0.15, 0.2) is 0 Å². The normalized spacial score (nSPS) is 18.1. The average Bonchev–Trinajstić information content (AvgIpc) is 3.35. The van der Waals surface area contributed by atoms with Crippen molar-refractivity contribution in [3.05, 3.63) is 47.7 Å². The van der Waals surface area contributed by atoms with Gasteiger partial charge in [-0.2, -0.15) is 13.2 Å². The molecular formula is C19H18F3N5. The second-order valence-electron chi connectivity index (χ2n) is 7.32. The fraction of sp³-hybridized carbons (Fsp3) is 0.421. The Hall–Kier alpha value is -2.64. The molecule has 5 rings (SSSR count). The lowest BCUT2D eigenvalue weighted by molar-refractivity contribution is -0.141. The van der Waals surface area contributed by atoms with Gasteiger partial charge in [0.2, 0.25) is 0 Å². The first-order valence-electron chi connectivity index (χ1n) is 9.05. The number of hydrogen-bond acceptors (Lipinski definition) is 4. The van der Waals surface area contributed by atoms with Gasteiger partial charge in [0.05, 0.1) is 17.1 Å². The van der Waals surface area contributed by atoms with E-state index in [9.17, 15) is 13.2 Å². The number of nitrogens with zero attached hydrogens (tertiary/aromatic N) is 5. The SMILES string of the molecule is Cc1nc(N2CC(n3c(C4CC4)nc4ccccc43)C2)cc(C(F)(F)F)n1. The lowest BCUT2D eigenvalue weighted by atomic mass is 10.1. The van der Waals surface area contributed by atoms with Crippen LogP contribution in [0, 0.1) is 6.92 Å². The van der Waals surface area contributed by atoms with Crippen LogP contribution in [0.15, 0.2) is 30.3 Å². The van der Waals surface area contributed by atoms with Gasteiger partial charge < -0.3 is 9.47 Å². The average molecular weight is 373 g/mol. The third-order valence-corrected chi connectivity index (χ3v) is 5.23. The number of hydrogen-bond donors (Lipinski definition) is 0. The number of para-hydroxylation sites is 2. The first kappa shape index (κ1) is 16.5. The lowest BCUT2D eigenvalue weighted by Crippen LogP contribution is -2.48. The third kappa shape index (κ3) is 2.83. The van der Waals surface area contributed by atoms with Crippen molar-refractivity contribution in [2.45, 2.75) is 37.9 Å². The van der Waals surface area contributed by atoms with E-state index in [4.69, 9.17) is 4.98 Å². The Bertz CT molecular complexity index is 1020. The molecule has 2 fully saturated rings. The van der Waals surface area contributed by atoms with Crippen LogP contribution in [0.1, 0.15) is 42.1 Å². The van der Waals surface area contributed by atoms with Gasteiger partial charge in [-0.05, 0) is 31.9 Å². The molecule has 0 spiro atoms. The number of aromatic nitrogens is 4. The third-order valence-electron chi connectivity index (χ3n) is 5.23. The molecule has 1 saturated heterocycles. The fourth-order valence-electron chi connectivity index (χ4n) is 3.74. The van der Waals surface area contributed by atoms with E-state index >= 15 is 0 Å². The minimum absolute atomic E-state index is 0.134. The van der Waals surface area contributed by atoms with Crippen molar-refractivity contribution >= 4 is 16.9 Å². The Morgan fingerprint density at radius 2 is 1.78 bits per heavy atom. The Morgan fingerprint density at radius 1 is 1.04 bits per heavy atom. The molecule has 0 N–H and O–H groups in total. The zero-order valence-corrected chi connectivity index (χ0v) is 14.7. The maximum Gasteiger partial charge on any atom is 0.433 e. The number of fused-ring (bicyclic) bond motifs is 1. The van der Waals surface area contributed by atoms with Gasteiger partial charge in [-0.3, -0.25) is 0 Å². The molecule has 0 unspecified atom stereocenters. The van der Waals surface area contributed by atoms with E-state index in [1.165, 1.54) is 6.92 Å². The molecule has 1 aromatic carbocycles. The van der Waals surface area contributed by atoms with Crippen LogP contribution in [0.5, 0.6) is 0 Å². The zero-order valence-electron chi connectivity index (χ0n) is 14.7. The van der Waals surface area contributed by atoms with E-state index in [1.54, 1.807) is 0 Å². The first-order chi connectivity index (χ1) is 12.9. The second kappa shape index (κ2) is 5.68. The fourth-order valence-corrected chi connectivity index (χ4v) is 3.74. The van der Waals surface area contributed by atoms with Gasteiger partial charge in [-0.1, -0.05) is 12.1 Å². The van der Waals surface area contributed by atoms with Crippen LogP contribution >= 0.6 is 0 Å². The monoisotopic (exact) mass is 373 g/mol. The first-order valence-corrected chi connectivity index (χ1v) is 9.05. The predicted octanol–water partition coefficient (Wildman–Crippen LogP) is 4.09. The molecule has 8 heteroatoms. The molecule has 1 saturated carbocycles. The highest BCUT2D eigenvalue weighted by molar-refractivity contribution is 5.76. The van der Waals surface area contributed by atoms with E-state index in [2.05, 4.69) is 20.6 Å². The molecule has 0 atom stereocenters. The van der Waals surface area contributed by atoms with E-state index in [0.717, 1.165) is 35.8 Å². The van der Waals surface area contributed by atoms with Crippen LogP contribution in [0.2, 0.25) is 0 Å². The summed E-state index contributed by atoms with van der Waals surface area (Å²) in [5, 5.41) is 0. The topological polar surface area (TPSA) is 46.8 Å². The number of anilines is 1. The summed E-state index contributed by atoms with van der Waals surface area (Å²) in [7, 11) is 0. The summed E-state index contributed by atoms with van der Waals surface area (Å²) in [4.78, 5) is 14.4. The van der Waals surface area contributed by atoms with Crippen molar-refractivity contribution in [1.82, 2.24) is 19.5 Å². The molecule has 27 heavy (non-hydrogen) atoms. The summed E-state index contributed by atoms with van der Waals surface area (Å²) in [5.74, 6) is 2.08. The maximum absolute atomic E-state index is 13.0. The highest BCUT2D eigenvalue weighted by Crippen LogP contribution is 2.43. The highest BCUT2D eigenvalue weighted by Gasteiger charge is 2.38. The smallest absolute Gasteiger partial charge is 0.352 e. The largest absolute Gasteiger partial charge is 0.433 e. The minimum Gasteiger partial charge on any atom is -0.352 e. The molecule has 3 heterocycles. The number of halogens is 3. The molecule has 1 aliphatic heterocycles.